The molecule has 2 aromatic rings. The lowest BCUT2D eigenvalue weighted by Crippen LogP contribution is -2.47. The van der Waals surface area contributed by atoms with E-state index in [1.54, 1.807) is 12.1 Å². The van der Waals surface area contributed by atoms with E-state index in [9.17, 15) is 9.59 Å². The van der Waals surface area contributed by atoms with E-state index in [2.05, 4.69) is 4.90 Å². The molecular weight excluding hydrogens is 372 g/mol. The highest BCUT2D eigenvalue weighted by atomic mass is 16.7. The number of carbonyl (C=O) groups is 2. The van der Waals surface area contributed by atoms with Crippen molar-refractivity contribution in [2.24, 2.45) is 0 Å². The second-order valence-corrected chi connectivity index (χ2v) is 7.49. The van der Waals surface area contributed by atoms with E-state index in [0.717, 1.165) is 37.4 Å². The Balaban J connectivity index is 1.20. The molecule has 7 heteroatoms. The van der Waals surface area contributed by atoms with Gasteiger partial charge in [-0.25, -0.2) is 4.90 Å². The molecule has 29 heavy (non-hydrogen) atoms. The summed E-state index contributed by atoms with van der Waals surface area (Å²) in [6.07, 6.45) is 1.92. The Bertz CT molecular complexity index is 924. The van der Waals surface area contributed by atoms with Crippen LogP contribution in [-0.2, 0) is 9.59 Å². The highest BCUT2D eigenvalue weighted by molar-refractivity contribution is 6.22. The quantitative estimate of drug-likeness (QED) is 0.743. The number of hydrogen-bond acceptors (Lipinski definition) is 6. The third kappa shape index (κ3) is 3.42. The molecule has 1 atom stereocenters. The molecule has 5 rings (SSSR count). The number of piperidine rings is 1. The molecule has 0 unspecified atom stereocenters. The maximum atomic E-state index is 12.9. The van der Waals surface area contributed by atoms with E-state index in [1.165, 1.54) is 4.90 Å². The molecule has 2 amide bonds. The summed E-state index contributed by atoms with van der Waals surface area (Å²) in [6.45, 7) is 1.69. The van der Waals surface area contributed by atoms with Crippen LogP contribution in [0.2, 0.25) is 0 Å². The molecule has 2 aromatic carbocycles. The Morgan fingerprint density at radius 2 is 1.69 bits per heavy atom. The van der Waals surface area contributed by atoms with Crippen LogP contribution in [0.15, 0.2) is 48.5 Å². The van der Waals surface area contributed by atoms with Gasteiger partial charge in [-0.05, 0) is 37.1 Å². The fraction of sp³-hybridized carbons (Fsp3) is 0.364. The van der Waals surface area contributed by atoms with Gasteiger partial charge in [-0.1, -0.05) is 18.2 Å². The van der Waals surface area contributed by atoms with E-state index >= 15 is 0 Å². The molecule has 3 heterocycles. The lowest BCUT2D eigenvalue weighted by molar-refractivity contribution is -0.123. The molecular formula is C22H22N2O5. The first kappa shape index (κ1) is 18.0. The van der Waals surface area contributed by atoms with Crippen LogP contribution in [0.5, 0.6) is 17.2 Å². The summed E-state index contributed by atoms with van der Waals surface area (Å²) < 4.78 is 16.8. The zero-order valence-corrected chi connectivity index (χ0v) is 16.0. The van der Waals surface area contributed by atoms with Crippen LogP contribution in [-0.4, -0.2) is 48.7 Å². The maximum absolute atomic E-state index is 12.9. The number of likely N-dealkylation sites (tertiary alicyclic amines) is 1. The van der Waals surface area contributed by atoms with Crippen molar-refractivity contribution in [3.63, 3.8) is 0 Å². The van der Waals surface area contributed by atoms with E-state index in [1.807, 2.05) is 36.4 Å². The molecule has 0 saturated carbocycles. The average Bonchev–Trinajstić information content (AvgIpc) is 3.33. The highest BCUT2D eigenvalue weighted by Gasteiger charge is 2.43. The number of anilines is 1. The van der Waals surface area contributed by atoms with Crippen molar-refractivity contribution in [1.82, 2.24) is 4.90 Å². The standard InChI is InChI=1S/C22H22N2O5/c25-21-13-18(22(26)24(21)15-4-2-1-3-5-15)23-10-8-16(9-11-23)29-17-6-7-19-20(12-17)28-14-27-19/h1-7,12,16,18H,8-11,13-14H2/t18-/m0/s1. The number of ether oxygens (including phenoxy) is 3. The number of hydrogen-bond donors (Lipinski definition) is 0. The van der Waals surface area contributed by atoms with Crippen LogP contribution in [0.3, 0.4) is 0 Å². The monoisotopic (exact) mass is 394 g/mol. The zero-order chi connectivity index (χ0) is 19.8. The number of rotatable bonds is 4. The lowest BCUT2D eigenvalue weighted by Gasteiger charge is -2.34. The van der Waals surface area contributed by atoms with Gasteiger partial charge in [-0.15, -0.1) is 0 Å². The number of fused-ring (bicyclic) bond motifs is 1. The summed E-state index contributed by atoms with van der Waals surface area (Å²) in [7, 11) is 0. The van der Waals surface area contributed by atoms with Gasteiger partial charge < -0.3 is 14.2 Å². The molecule has 0 aromatic heterocycles. The number of amides is 2. The molecule has 150 valence electrons. The molecule has 7 nitrogen and oxygen atoms in total. The third-order valence-electron chi connectivity index (χ3n) is 5.70. The first-order valence-electron chi connectivity index (χ1n) is 9.91. The van der Waals surface area contributed by atoms with Crippen LogP contribution in [0, 0.1) is 0 Å². The molecule has 2 saturated heterocycles. The van der Waals surface area contributed by atoms with Gasteiger partial charge in [0.25, 0.3) is 5.91 Å². The SMILES string of the molecule is O=C1C[C@H](N2CCC(Oc3ccc4c(c3)OCO4)CC2)C(=O)N1c1ccccc1. The molecule has 3 aliphatic heterocycles. The smallest absolute Gasteiger partial charge is 0.251 e. The van der Waals surface area contributed by atoms with Crippen molar-refractivity contribution in [2.45, 2.75) is 31.4 Å². The van der Waals surface area contributed by atoms with Crippen molar-refractivity contribution in [3.8, 4) is 17.2 Å². The minimum absolute atomic E-state index is 0.0732. The number of carbonyl (C=O) groups excluding carboxylic acids is 2. The van der Waals surface area contributed by atoms with Crippen LogP contribution in [0.4, 0.5) is 5.69 Å². The number of imide groups is 1. The topological polar surface area (TPSA) is 68.3 Å². The minimum atomic E-state index is -0.380. The molecule has 2 fully saturated rings. The van der Waals surface area contributed by atoms with Crippen molar-refractivity contribution >= 4 is 17.5 Å². The van der Waals surface area contributed by atoms with Gasteiger partial charge in [0.1, 0.15) is 11.9 Å². The predicted octanol–water partition coefficient (Wildman–Crippen LogP) is 2.59. The van der Waals surface area contributed by atoms with Gasteiger partial charge in [-0.3, -0.25) is 14.5 Å². The van der Waals surface area contributed by atoms with Gasteiger partial charge >= 0.3 is 0 Å². The van der Waals surface area contributed by atoms with Gasteiger partial charge in [0.05, 0.1) is 18.2 Å². The fourth-order valence-corrected chi connectivity index (χ4v) is 4.20. The average molecular weight is 394 g/mol. The summed E-state index contributed by atoms with van der Waals surface area (Å²) in [5.41, 5.74) is 0.644. The number of nitrogens with zero attached hydrogens (tertiary/aromatic N) is 2. The number of benzene rings is 2. The van der Waals surface area contributed by atoms with Crippen LogP contribution >= 0.6 is 0 Å². The van der Waals surface area contributed by atoms with Gasteiger partial charge in [0, 0.05) is 19.2 Å². The molecule has 0 N–H and O–H groups in total. The van der Waals surface area contributed by atoms with E-state index in [-0.39, 0.29) is 37.2 Å². The first-order valence-corrected chi connectivity index (χ1v) is 9.91. The Morgan fingerprint density at radius 3 is 2.48 bits per heavy atom. The summed E-state index contributed by atoms with van der Waals surface area (Å²) in [6, 6.07) is 14.3. The summed E-state index contributed by atoms with van der Waals surface area (Å²) in [4.78, 5) is 28.8. The van der Waals surface area contributed by atoms with Gasteiger partial charge in [-0.2, -0.15) is 0 Å². The van der Waals surface area contributed by atoms with Crippen molar-refractivity contribution < 1.29 is 23.8 Å². The minimum Gasteiger partial charge on any atom is -0.490 e. The molecule has 3 aliphatic rings. The summed E-state index contributed by atoms with van der Waals surface area (Å²) >= 11 is 0. The fourth-order valence-electron chi connectivity index (χ4n) is 4.20. The number of para-hydroxylation sites is 1. The van der Waals surface area contributed by atoms with Crippen LogP contribution < -0.4 is 19.1 Å². The highest BCUT2D eigenvalue weighted by Crippen LogP contribution is 2.36. The second-order valence-electron chi connectivity index (χ2n) is 7.49. The molecule has 0 bridgehead atoms. The Labute approximate surface area is 168 Å². The third-order valence-corrected chi connectivity index (χ3v) is 5.70. The van der Waals surface area contributed by atoms with E-state index in [4.69, 9.17) is 14.2 Å². The van der Waals surface area contributed by atoms with Crippen molar-refractivity contribution in [3.05, 3.63) is 48.5 Å². The molecule has 0 aliphatic carbocycles. The van der Waals surface area contributed by atoms with Crippen LogP contribution in [0.1, 0.15) is 19.3 Å². The van der Waals surface area contributed by atoms with Gasteiger partial charge in [0.2, 0.25) is 12.7 Å². The lowest BCUT2D eigenvalue weighted by atomic mass is 10.0. The van der Waals surface area contributed by atoms with E-state index in [0.29, 0.717) is 11.4 Å². The summed E-state index contributed by atoms with van der Waals surface area (Å²) in [5.74, 6) is 1.94. The maximum Gasteiger partial charge on any atom is 0.251 e. The van der Waals surface area contributed by atoms with Gasteiger partial charge in [0.15, 0.2) is 11.5 Å². The zero-order valence-electron chi connectivity index (χ0n) is 16.0. The normalized spacial score (nSPS) is 22.3. The van der Waals surface area contributed by atoms with Crippen molar-refractivity contribution in [2.75, 3.05) is 24.8 Å². The molecule has 0 spiro atoms. The predicted molar refractivity (Wildman–Crippen MR) is 105 cm³/mol. The summed E-state index contributed by atoms with van der Waals surface area (Å²) in [5, 5.41) is 0. The van der Waals surface area contributed by atoms with E-state index < -0.39 is 0 Å². The Hall–Kier alpha value is -3.06. The largest absolute Gasteiger partial charge is 0.490 e. The molecule has 0 radical (unpaired) electrons. The van der Waals surface area contributed by atoms with Crippen molar-refractivity contribution in [1.29, 1.82) is 0 Å². The van der Waals surface area contributed by atoms with Crippen LogP contribution in [0.25, 0.3) is 0 Å². The Morgan fingerprint density at radius 1 is 0.931 bits per heavy atom. The first-order chi connectivity index (χ1) is 14.2. The second kappa shape index (κ2) is 7.40. The Kier molecular flexibility index (Phi) is 4.60.